The molecular formula is C16H23Cl. The van der Waals surface area contributed by atoms with Crippen LogP contribution in [0, 0.1) is 5.92 Å². The van der Waals surface area contributed by atoms with Crippen molar-refractivity contribution in [1.82, 2.24) is 0 Å². The monoisotopic (exact) mass is 250 g/mol. The van der Waals surface area contributed by atoms with Gasteiger partial charge < -0.3 is 0 Å². The smallest absolute Gasteiger partial charge is 0.0406 e. The zero-order valence-corrected chi connectivity index (χ0v) is 11.8. The van der Waals surface area contributed by atoms with Crippen LogP contribution in [-0.4, -0.2) is 0 Å². The number of halogens is 1. The SMILES string of the molecule is CC(C)CCC1(c2ccc(Cl)cc2)CCCC1. The Morgan fingerprint density at radius 2 is 1.71 bits per heavy atom. The normalized spacial score (nSPS) is 18.8. The largest absolute Gasteiger partial charge is 0.0843 e. The van der Waals surface area contributed by atoms with Crippen LogP contribution >= 0.6 is 11.6 Å². The van der Waals surface area contributed by atoms with E-state index in [4.69, 9.17) is 11.6 Å². The van der Waals surface area contributed by atoms with Crippen molar-refractivity contribution in [1.29, 1.82) is 0 Å². The van der Waals surface area contributed by atoms with Gasteiger partial charge in [0.1, 0.15) is 0 Å². The first-order valence-corrected chi connectivity index (χ1v) is 7.26. The van der Waals surface area contributed by atoms with Crippen molar-refractivity contribution in [2.75, 3.05) is 0 Å². The fraction of sp³-hybridized carbons (Fsp3) is 0.625. The maximum Gasteiger partial charge on any atom is 0.0406 e. The Bertz CT molecular complexity index is 344. The number of hydrogen-bond donors (Lipinski definition) is 0. The van der Waals surface area contributed by atoms with Crippen LogP contribution in [-0.2, 0) is 5.41 Å². The summed E-state index contributed by atoms with van der Waals surface area (Å²) in [6.07, 6.45) is 8.18. The van der Waals surface area contributed by atoms with Crippen molar-refractivity contribution < 1.29 is 0 Å². The first-order chi connectivity index (χ1) is 8.12. The summed E-state index contributed by atoms with van der Waals surface area (Å²) < 4.78 is 0. The zero-order valence-electron chi connectivity index (χ0n) is 11.0. The van der Waals surface area contributed by atoms with Crippen LogP contribution in [0.2, 0.25) is 5.02 Å². The third kappa shape index (κ3) is 3.04. The Morgan fingerprint density at radius 1 is 1.12 bits per heavy atom. The van der Waals surface area contributed by atoms with Crippen molar-refractivity contribution >= 4 is 11.6 Å². The minimum Gasteiger partial charge on any atom is -0.0843 e. The van der Waals surface area contributed by atoms with Gasteiger partial charge in [-0.25, -0.2) is 0 Å². The van der Waals surface area contributed by atoms with Gasteiger partial charge >= 0.3 is 0 Å². The molecule has 0 nitrogen and oxygen atoms in total. The fourth-order valence-corrected chi connectivity index (χ4v) is 3.23. The van der Waals surface area contributed by atoms with Crippen molar-refractivity contribution in [2.45, 2.75) is 57.8 Å². The van der Waals surface area contributed by atoms with E-state index in [0.29, 0.717) is 5.41 Å². The van der Waals surface area contributed by atoms with Gasteiger partial charge in [-0.1, -0.05) is 56.8 Å². The fourth-order valence-electron chi connectivity index (χ4n) is 3.10. The average Bonchev–Trinajstić information content (AvgIpc) is 2.77. The van der Waals surface area contributed by atoms with Crippen LogP contribution in [0.15, 0.2) is 24.3 Å². The zero-order chi connectivity index (χ0) is 12.3. The Kier molecular flexibility index (Phi) is 4.14. The molecule has 0 radical (unpaired) electrons. The molecule has 0 aromatic heterocycles. The number of hydrogen-bond acceptors (Lipinski definition) is 0. The molecule has 2 rings (SSSR count). The van der Waals surface area contributed by atoms with Gasteiger partial charge in [0.15, 0.2) is 0 Å². The van der Waals surface area contributed by atoms with Gasteiger partial charge in [-0.2, -0.15) is 0 Å². The van der Waals surface area contributed by atoms with Gasteiger partial charge in [-0.3, -0.25) is 0 Å². The molecule has 0 aliphatic heterocycles. The molecule has 0 amide bonds. The minimum absolute atomic E-state index is 0.453. The highest BCUT2D eigenvalue weighted by atomic mass is 35.5. The second-order valence-electron chi connectivity index (χ2n) is 5.93. The molecule has 1 fully saturated rings. The lowest BCUT2D eigenvalue weighted by atomic mass is 9.74. The number of benzene rings is 1. The van der Waals surface area contributed by atoms with Crippen molar-refractivity contribution in [3.63, 3.8) is 0 Å². The summed E-state index contributed by atoms with van der Waals surface area (Å²) in [6.45, 7) is 4.65. The van der Waals surface area contributed by atoms with Crippen LogP contribution in [0.1, 0.15) is 57.9 Å². The number of rotatable bonds is 4. The summed E-state index contributed by atoms with van der Waals surface area (Å²) in [6, 6.07) is 8.58. The molecule has 1 heteroatoms. The predicted molar refractivity (Wildman–Crippen MR) is 75.7 cm³/mol. The topological polar surface area (TPSA) is 0 Å². The summed E-state index contributed by atoms with van der Waals surface area (Å²) in [5.74, 6) is 0.805. The minimum atomic E-state index is 0.453. The predicted octanol–water partition coefficient (Wildman–Crippen LogP) is 5.59. The maximum absolute atomic E-state index is 5.99. The first kappa shape index (κ1) is 13.0. The van der Waals surface area contributed by atoms with Gasteiger partial charge in [0.05, 0.1) is 0 Å². The van der Waals surface area contributed by atoms with E-state index in [-0.39, 0.29) is 0 Å². The second-order valence-corrected chi connectivity index (χ2v) is 6.36. The van der Waals surface area contributed by atoms with E-state index in [1.165, 1.54) is 44.1 Å². The van der Waals surface area contributed by atoms with Crippen LogP contribution in [0.25, 0.3) is 0 Å². The molecule has 1 aromatic rings. The van der Waals surface area contributed by atoms with Crippen molar-refractivity contribution in [3.05, 3.63) is 34.9 Å². The van der Waals surface area contributed by atoms with Crippen molar-refractivity contribution in [2.24, 2.45) is 5.92 Å². The molecule has 1 aliphatic carbocycles. The van der Waals surface area contributed by atoms with E-state index in [1.807, 2.05) is 12.1 Å². The Hall–Kier alpha value is -0.490. The Balaban J connectivity index is 2.18. The van der Waals surface area contributed by atoms with Gasteiger partial charge in [-0.05, 0) is 48.3 Å². The van der Waals surface area contributed by atoms with Gasteiger partial charge in [0.25, 0.3) is 0 Å². The lowest BCUT2D eigenvalue weighted by molar-refractivity contribution is 0.363. The molecule has 0 unspecified atom stereocenters. The lowest BCUT2D eigenvalue weighted by Crippen LogP contribution is -2.22. The summed E-state index contributed by atoms with van der Waals surface area (Å²) in [5.41, 5.74) is 1.97. The van der Waals surface area contributed by atoms with Crippen LogP contribution in [0.5, 0.6) is 0 Å². The molecule has 0 atom stereocenters. The summed E-state index contributed by atoms with van der Waals surface area (Å²) in [7, 11) is 0. The van der Waals surface area contributed by atoms with Crippen molar-refractivity contribution in [3.8, 4) is 0 Å². The molecule has 0 bridgehead atoms. The highest BCUT2D eigenvalue weighted by molar-refractivity contribution is 6.30. The quantitative estimate of drug-likeness (QED) is 0.654. The Morgan fingerprint density at radius 3 is 2.24 bits per heavy atom. The van der Waals surface area contributed by atoms with Gasteiger partial charge in [0, 0.05) is 5.02 Å². The molecule has 0 spiro atoms. The molecule has 0 heterocycles. The van der Waals surface area contributed by atoms with Crippen LogP contribution < -0.4 is 0 Å². The molecule has 0 N–H and O–H groups in total. The molecular weight excluding hydrogens is 228 g/mol. The van der Waals surface area contributed by atoms with E-state index in [2.05, 4.69) is 26.0 Å². The van der Waals surface area contributed by atoms with E-state index in [9.17, 15) is 0 Å². The standard InChI is InChI=1S/C16H23Cl/c1-13(2)9-12-16(10-3-4-11-16)14-5-7-15(17)8-6-14/h5-8,13H,3-4,9-12H2,1-2H3. The van der Waals surface area contributed by atoms with Crippen LogP contribution in [0.3, 0.4) is 0 Å². The van der Waals surface area contributed by atoms with Crippen LogP contribution in [0.4, 0.5) is 0 Å². The highest BCUT2D eigenvalue weighted by Crippen LogP contribution is 2.45. The summed E-state index contributed by atoms with van der Waals surface area (Å²) in [4.78, 5) is 0. The molecule has 0 saturated heterocycles. The average molecular weight is 251 g/mol. The Labute approximate surface area is 110 Å². The molecule has 1 aliphatic rings. The third-order valence-corrected chi connectivity index (χ3v) is 4.47. The molecule has 1 aromatic carbocycles. The lowest BCUT2D eigenvalue weighted by Gasteiger charge is -2.30. The maximum atomic E-state index is 5.99. The van der Waals surface area contributed by atoms with Gasteiger partial charge in [0.2, 0.25) is 0 Å². The summed E-state index contributed by atoms with van der Waals surface area (Å²) in [5, 5.41) is 0.853. The van der Waals surface area contributed by atoms with Gasteiger partial charge in [-0.15, -0.1) is 0 Å². The first-order valence-electron chi connectivity index (χ1n) is 6.88. The highest BCUT2D eigenvalue weighted by Gasteiger charge is 2.34. The molecule has 1 saturated carbocycles. The molecule has 17 heavy (non-hydrogen) atoms. The van der Waals surface area contributed by atoms with E-state index in [1.54, 1.807) is 0 Å². The van der Waals surface area contributed by atoms with E-state index >= 15 is 0 Å². The van der Waals surface area contributed by atoms with E-state index in [0.717, 1.165) is 10.9 Å². The summed E-state index contributed by atoms with van der Waals surface area (Å²) >= 11 is 5.99. The molecule has 94 valence electrons. The van der Waals surface area contributed by atoms with E-state index < -0.39 is 0 Å². The third-order valence-electron chi connectivity index (χ3n) is 4.22. The second kappa shape index (κ2) is 5.44.